The average molecular weight is 387 g/mol. The number of hydrazine groups is 1. The van der Waals surface area contributed by atoms with Gasteiger partial charge in [0.2, 0.25) is 11.8 Å². The number of fused-ring (bicyclic) bond motifs is 2. The minimum absolute atomic E-state index is 0.105. The van der Waals surface area contributed by atoms with Crippen LogP contribution in [0.25, 0.3) is 0 Å². The molecule has 0 radical (unpaired) electrons. The maximum Gasteiger partial charge on any atom is 0.248 e. The highest BCUT2D eigenvalue weighted by molar-refractivity contribution is 8.00. The van der Waals surface area contributed by atoms with E-state index in [9.17, 15) is 9.59 Å². The molecule has 0 heterocycles. The third-order valence-electron chi connectivity index (χ3n) is 4.93. The molecule has 2 bridgehead atoms. The first-order valence-corrected chi connectivity index (χ1v) is 9.91. The van der Waals surface area contributed by atoms with E-state index in [4.69, 9.17) is 23.2 Å². The van der Waals surface area contributed by atoms with Crippen LogP contribution in [0.4, 0.5) is 0 Å². The molecular formula is C17H20Cl2N2O2S. The first kappa shape index (κ1) is 17.9. The summed E-state index contributed by atoms with van der Waals surface area (Å²) in [4.78, 5) is 24.6. The molecule has 2 aliphatic carbocycles. The molecule has 2 saturated carbocycles. The van der Waals surface area contributed by atoms with Crippen LogP contribution in [0.1, 0.15) is 32.1 Å². The minimum atomic E-state index is -0.266. The minimum Gasteiger partial charge on any atom is -0.273 e. The maximum atomic E-state index is 12.0. The molecule has 1 aromatic rings. The van der Waals surface area contributed by atoms with Gasteiger partial charge in [0.25, 0.3) is 0 Å². The van der Waals surface area contributed by atoms with Crippen molar-refractivity contribution < 1.29 is 9.59 Å². The van der Waals surface area contributed by atoms with Gasteiger partial charge in [-0.1, -0.05) is 29.6 Å². The quantitative estimate of drug-likeness (QED) is 0.592. The average Bonchev–Trinajstić information content (AvgIpc) is 3.16. The topological polar surface area (TPSA) is 58.2 Å². The van der Waals surface area contributed by atoms with Crippen molar-refractivity contribution in [2.24, 2.45) is 17.8 Å². The van der Waals surface area contributed by atoms with E-state index >= 15 is 0 Å². The zero-order chi connectivity index (χ0) is 17.1. The van der Waals surface area contributed by atoms with Gasteiger partial charge < -0.3 is 0 Å². The van der Waals surface area contributed by atoms with Gasteiger partial charge in [0, 0.05) is 16.3 Å². The summed E-state index contributed by atoms with van der Waals surface area (Å²) in [5.41, 5.74) is 4.99. The fraction of sp³-hybridized carbons (Fsp3) is 0.529. The molecule has 0 aliphatic heterocycles. The van der Waals surface area contributed by atoms with Crippen LogP contribution < -0.4 is 10.9 Å². The van der Waals surface area contributed by atoms with Crippen LogP contribution in [0.3, 0.4) is 0 Å². The second-order valence-electron chi connectivity index (χ2n) is 6.60. The van der Waals surface area contributed by atoms with Crippen molar-refractivity contribution in [3.8, 4) is 0 Å². The summed E-state index contributed by atoms with van der Waals surface area (Å²) in [6.07, 6.45) is 5.53. The lowest BCUT2D eigenvalue weighted by Crippen LogP contribution is -2.43. The van der Waals surface area contributed by atoms with Crippen molar-refractivity contribution in [3.63, 3.8) is 0 Å². The molecule has 0 saturated heterocycles. The molecule has 7 heteroatoms. The number of nitrogens with one attached hydrogen (secondary N) is 2. The van der Waals surface area contributed by atoms with E-state index in [1.54, 1.807) is 18.2 Å². The Hall–Kier alpha value is -0.910. The normalized spacial score (nSPS) is 24.8. The van der Waals surface area contributed by atoms with Crippen molar-refractivity contribution in [1.29, 1.82) is 0 Å². The second kappa shape index (κ2) is 7.98. The van der Waals surface area contributed by atoms with Gasteiger partial charge in [-0.2, -0.15) is 0 Å². The molecule has 130 valence electrons. The number of rotatable bonds is 5. The van der Waals surface area contributed by atoms with Gasteiger partial charge in [-0.25, -0.2) is 0 Å². The molecule has 2 amide bonds. The third-order valence-corrected chi connectivity index (χ3v) is 6.66. The smallest absolute Gasteiger partial charge is 0.248 e. The molecule has 3 rings (SSSR count). The summed E-state index contributed by atoms with van der Waals surface area (Å²) in [6, 6.07) is 5.11. The number of carbonyl (C=O) groups is 2. The van der Waals surface area contributed by atoms with Crippen molar-refractivity contribution in [3.05, 3.63) is 28.2 Å². The first-order chi connectivity index (χ1) is 11.5. The van der Waals surface area contributed by atoms with Crippen LogP contribution in [0, 0.1) is 17.8 Å². The van der Waals surface area contributed by atoms with E-state index in [1.807, 2.05) is 0 Å². The molecule has 24 heavy (non-hydrogen) atoms. The number of benzene rings is 1. The summed E-state index contributed by atoms with van der Waals surface area (Å²) in [5.74, 6) is 1.80. The molecular weight excluding hydrogens is 367 g/mol. The predicted molar refractivity (Wildman–Crippen MR) is 97.0 cm³/mol. The van der Waals surface area contributed by atoms with E-state index in [-0.39, 0.29) is 17.6 Å². The number of hydrogen-bond donors (Lipinski definition) is 2. The molecule has 2 fully saturated rings. The summed E-state index contributed by atoms with van der Waals surface area (Å²) < 4.78 is 0. The number of halogens is 2. The lowest BCUT2D eigenvalue weighted by atomic mass is 9.86. The molecule has 0 unspecified atom stereocenters. The fourth-order valence-corrected chi connectivity index (χ4v) is 5.12. The van der Waals surface area contributed by atoms with E-state index in [0.717, 1.165) is 17.2 Å². The van der Waals surface area contributed by atoms with Crippen LogP contribution in [-0.2, 0) is 9.59 Å². The Morgan fingerprint density at radius 1 is 1.12 bits per heavy atom. The molecule has 3 atom stereocenters. The number of hydrogen-bond acceptors (Lipinski definition) is 3. The Kier molecular flexibility index (Phi) is 5.95. The lowest BCUT2D eigenvalue weighted by molar-refractivity contribution is -0.128. The summed E-state index contributed by atoms with van der Waals surface area (Å²) in [5, 5.41) is 1.12. The van der Waals surface area contributed by atoms with Crippen molar-refractivity contribution in [2.45, 2.75) is 37.0 Å². The standard InChI is InChI=1S/C17H20Cl2N2O2S/c18-13-3-4-14(19)15(8-13)24-9-17(23)21-20-16(22)7-12-6-10-1-2-11(12)5-10/h3-4,8,10-12H,1-2,5-7,9H2,(H,20,22)(H,21,23)/t10-,11+,12+/m0/s1. The number of amides is 2. The van der Waals surface area contributed by atoms with Gasteiger partial charge in [-0.3, -0.25) is 20.4 Å². The van der Waals surface area contributed by atoms with E-state index in [0.29, 0.717) is 28.3 Å². The van der Waals surface area contributed by atoms with E-state index in [2.05, 4.69) is 10.9 Å². The summed E-state index contributed by atoms with van der Waals surface area (Å²) in [7, 11) is 0. The highest BCUT2D eigenvalue weighted by Crippen LogP contribution is 2.49. The Balaban J connectivity index is 1.37. The highest BCUT2D eigenvalue weighted by atomic mass is 35.5. The Morgan fingerprint density at radius 3 is 2.62 bits per heavy atom. The lowest BCUT2D eigenvalue weighted by Gasteiger charge is -2.20. The van der Waals surface area contributed by atoms with E-state index < -0.39 is 0 Å². The SMILES string of the molecule is O=C(CSc1cc(Cl)ccc1Cl)NNC(=O)C[C@H]1C[C@H]2CC[C@@H]1C2. The molecule has 2 N–H and O–H groups in total. The maximum absolute atomic E-state index is 12.0. The molecule has 4 nitrogen and oxygen atoms in total. The van der Waals surface area contributed by atoms with Crippen LogP contribution in [0.15, 0.2) is 23.1 Å². The summed E-state index contributed by atoms with van der Waals surface area (Å²) >= 11 is 13.2. The van der Waals surface area contributed by atoms with Gasteiger partial charge >= 0.3 is 0 Å². The zero-order valence-electron chi connectivity index (χ0n) is 13.2. The predicted octanol–water partition coefficient (Wildman–Crippen LogP) is 4.06. The van der Waals surface area contributed by atoms with Crippen molar-refractivity contribution in [1.82, 2.24) is 10.9 Å². The van der Waals surface area contributed by atoms with E-state index in [1.165, 1.54) is 31.0 Å². The second-order valence-corrected chi connectivity index (χ2v) is 8.46. The van der Waals surface area contributed by atoms with Crippen LogP contribution in [0.5, 0.6) is 0 Å². The third kappa shape index (κ3) is 4.58. The largest absolute Gasteiger partial charge is 0.273 e. The van der Waals surface area contributed by atoms with Gasteiger partial charge in [-0.15, -0.1) is 11.8 Å². The molecule has 0 spiro atoms. The van der Waals surface area contributed by atoms with Crippen LogP contribution >= 0.6 is 35.0 Å². The van der Waals surface area contributed by atoms with Crippen molar-refractivity contribution in [2.75, 3.05) is 5.75 Å². The Labute approximate surface area is 156 Å². The number of thioether (sulfide) groups is 1. The highest BCUT2D eigenvalue weighted by Gasteiger charge is 2.40. The molecule has 0 aromatic heterocycles. The van der Waals surface area contributed by atoms with Crippen LogP contribution in [-0.4, -0.2) is 17.6 Å². The Bertz CT molecular complexity index is 641. The van der Waals surface area contributed by atoms with Gasteiger partial charge in [0.1, 0.15) is 0 Å². The van der Waals surface area contributed by atoms with Gasteiger partial charge in [-0.05, 0) is 55.2 Å². The molecule has 2 aliphatic rings. The van der Waals surface area contributed by atoms with Gasteiger partial charge in [0.15, 0.2) is 0 Å². The monoisotopic (exact) mass is 386 g/mol. The fourth-order valence-electron chi connectivity index (χ4n) is 3.82. The number of carbonyl (C=O) groups excluding carboxylic acids is 2. The zero-order valence-corrected chi connectivity index (χ0v) is 15.5. The summed E-state index contributed by atoms with van der Waals surface area (Å²) in [6.45, 7) is 0. The van der Waals surface area contributed by atoms with Crippen LogP contribution in [0.2, 0.25) is 10.0 Å². The first-order valence-electron chi connectivity index (χ1n) is 8.17. The molecule has 1 aromatic carbocycles. The van der Waals surface area contributed by atoms with Gasteiger partial charge in [0.05, 0.1) is 10.8 Å². The Morgan fingerprint density at radius 2 is 1.92 bits per heavy atom. The van der Waals surface area contributed by atoms with Crippen molar-refractivity contribution >= 4 is 46.8 Å².